The minimum absolute atomic E-state index is 0.00382. The highest BCUT2D eigenvalue weighted by atomic mass is 16.3. The molecule has 0 saturated carbocycles. The number of anilines is 3. The van der Waals surface area contributed by atoms with E-state index in [0.29, 0.717) is 35.5 Å². The molecule has 1 amide bonds. The number of hydrogen-bond donors (Lipinski definition) is 3. The zero-order valence-electron chi connectivity index (χ0n) is 16.8. The number of phenols is 1. The van der Waals surface area contributed by atoms with Crippen LogP contribution in [0.1, 0.15) is 45.2 Å². The largest absolute Gasteiger partial charge is 0.506 e. The fourth-order valence-electron chi connectivity index (χ4n) is 4.39. The quantitative estimate of drug-likeness (QED) is 0.502. The Balaban J connectivity index is 2.03. The van der Waals surface area contributed by atoms with E-state index in [9.17, 15) is 14.7 Å². The molecule has 4 N–H and O–H groups in total. The van der Waals surface area contributed by atoms with E-state index in [2.05, 4.69) is 5.32 Å². The molecule has 0 fully saturated rings. The molecule has 6 heteroatoms. The van der Waals surface area contributed by atoms with Gasteiger partial charge in [-0.1, -0.05) is 32.0 Å². The van der Waals surface area contributed by atoms with Crippen molar-refractivity contribution in [2.75, 3.05) is 16.0 Å². The van der Waals surface area contributed by atoms with Gasteiger partial charge in [0.2, 0.25) is 5.91 Å². The highest BCUT2D eigenvalue weighted by molar-refractivity contribution is 6.06. The van der Waals surface area contributed by atoms with Crippen molar-refractivity contribution >= 4 is 28.8 Å². The molecule has 1 aliphatic carbocycles. The number of nitrogens with one attached hydrogen (secondary N) is 1. The molecular formula is C23H25N3O3. The molecule has 150 valence electrons. The maximum atomic E-state index is 13.3. The summed E-state index contributed by atoms with van der Waals surface area (Å²) >= 11 is 0. The highest BCUT2D eigenvalue weighted by Gasteiger charge is 2.43. The molecule has 6 nitrogen and oxygen atoms in total. The summed E-state index contributed by atoms with van der Waals surface area (Å²) in [6, 6.07) is 11.7. The van der Waals surface area contributed by atoms with Gasteiger partial charge >= 0.3 is 0 Å². The number of Topliss-reactive ketones (excluding diaryl/α,β-unsaturated/α-hetero) is 1. The minimum atomic E-state index is -0.595. The number of carbonyl (C=O) groups is 2. The zero-order valence-corrected chi connectivity index (χ0v) is 16.8. The molecule has 2 aliphatic rings. The van der Waals surface area contributed by atoms with Gasteiger partial charge in [-0.2, -0.15) is 0 Å². The molecule has 2 aromatic rings. The number of nitrogen functional groups attached to an aromatic ring is 1. The topological polar surface area (TPSA) is 95.7 Å². The number of ketones is 1. The van der Waals surface area contributed by atoms with Gasteiger partial charge in [0.05, 0.1) is 11.7 Å². The van der Waals surface area contributed by atoms with Crippen LogP contribution in [0, 0.1) is 5.41 Å². The number of hydrogen-bond acceptors (Lipinski definition) is 5. The molecule has 0 spiro atoms. The number of carbonyl (C=O) groups excluding carboxylic acids is 2. The molecule has 1 atom stereocenters. The molecule has 0 radical (unpaired) electrons. The fraction of sp³-hybridized carbons (Fsp3) is 0.304. The van der Waals surface area contributed by atoms with Crippen LogP contribution in [-0.4, -0.2) is 16.8 Å². The van der Waals surface area contributed by atoms with E-state index in [0.717, 1.165) is 11.3 Å². The number of para-hydroxylation sites is 1. The van der Waals surface area contributed by atoms with E-state index < -0.39 is 6.04 Å². The Morgan fingerprint density at radius 3 is 2.52 bits per heavy atom. The predicted molar refractivity (Wildman–Crippen MR) is 114 cm³/mol. The van der Waals surface area contributed by atoms with E-state index in [1.54, 1.807) is 35.2 Å². The Hall–Kier alpha value is -3.28. The summed E-state index contributed by atoms with van der Waals surface area (Å²) in [6.07, 6.45) is 1.03. The predicted octanol–water partition coefficient (Wildman–Crippen LogP) is 4.14. The number of aromatic hydroxyl groups is 1. The second-order valence-corrected chi connectivity index (χ2v) is 8.59. The van der Waals surface area contributed by atoms with Crippen molar-refractivity contribution in [3.63, 3.8) is 0 Å². The van der Waals surface area contributed by atoms with Crippen LogP contribution in [0.3, 0.4) is 0 Å². The molecule has 1 unspecified atom stereocenters. The first-order valence-corrected chi connectivity index (χ1v) is 9.68. The van der Waals surface area contributed by atoms with Gasteiger partial charge in [-0.3, -0.25) is 14.5 Å². The summed E-state index contributed by atoms with van der Waals surface area (Å²) in [7, 11) is 0. The molecule has 4 rings (SSSR count). The lowest BCUT2D eigenvalue weighted by Crippen LogP contribution is -2.38. The van der Waals surface area contributed by atoms with Crippen molar-refractivity contribution in [1.29, 1.82) is 0 Å². The lowest BCUT2D eigenvalue weighted by Gasteiger charge is -2.36. The van der Waals surface area contributed by atoms with E-state index >= 15 is 0 Å². The molecule has 1 aliphatic heterocycles. The van der Waals surface area contributed by atoms with Gasteiger partial charge in [-0.05, 0) is 41.7 Å². The first-order valence-electron chi connectivity index (χ1n) is 9.68. The summed E-state index contributed by atoms with van der Waals surface area (Å²) in [5.74, 6) is -0.176. The number of rotatable bonds is 1. The second-order valence-electron chi connectivity index (χ2n) is 8.59. The third-order valence-electron chi connectivity index (χ3n) is 5.60. The lowest BCUT2D eigenvalue weighted by molar-refractivity contribution is -0.118. The smallest absolute Gasteiger partial charge is 0.224 e. The van der Waals surface area contributed by atoms with E-state index in [1.807, 2.05) is 26.0 Å². The van der Waals surface area contributed by atoms with E-state index in [-0.39, 0.29) is 22.9 Å². The van der Waals surface area contributed by atoms with E-state index in [4.69, 9.17) is 5.73 Å². The summed E-state index contributed by atoms with van der Waals surface area (Å²) in [5.41, 5.74) is 9.36. The Morgan fingerprint density at radius 1 is 1.17 bits per heavy atom. The van der Waals surface area contributed by atoms with Crippen LogP contribution >= 0.6 is 0 Å². The van der Waals surface area contributed by atoms with Gasteiger partial charge < -0.3 is 16.2 Å². The molecule has 2 aromatic carbocycles. The van der Waals surface area contributed by atoms with Gasteiger partial charge in [0.15, 0.2) is 5.78 Å². The average Bonchev–Trinajstić information content (AvgIpc) is 2.77. The number of nitrogens with two attached hydrogens (primary N) is 1. The van der Waals surface area contributed by atoms with Gasteiger partial charge in [0.1, 0.15) is 11.4 Å². The summed E-state index contributed by atoms with van der Waals surface area (Å²) < 4.78 is 0. The van der Waals surface area contributed by atoms with Gasteiger partial charge in [-0.25, -0.2) is 0 Å². The summed E-state index contributed by atoms with van der Waals surface area (Å²) in [5, 5.41) is 13.8. The monoisotopic (exact) mass is 391 g/mol. The maximum Gasteiger partial charge on any atom is 0.224 e. The zero-order chi connectivity index (χ0) is 20.9. The van der Waals surface area contributed by atoms with Crippen molar-refractivity contribution in [3.8, 4) is 5.75 Å². The van der Waals surface area contributed by atoms with Crippen LogP contribution in [0.4, 0.5) is 17.1 Å². The highest BCUT2D eigenvalue weighted by Crippen LogP contribution is 2.50. The normalized spacial score (nSPS) is 20.4. The number of benzene rings is 2. The van der Waals surface area contributed by atoms with Crippen molar-refractivity contribution in [1.82, 2.24) is 0 Å². The molecule has 29 heavy (non-hydrogen) atoms. The Morgan fingerprint density at radius 2 is 1.86 bits per heavy atom. The average molecular weight is 391 g/mol. The Labute approximate surface area is 170 Å². The van der Waals surface area contributed by atoms with E-state index in [1.165, 1.54) is 6.92 Å². The Kier molecular flexibility index (Phi) is 4.37. The van der Waals surface area contributed by atoms with Gasteiger partial charge in [0, 0.05) is 30.3 Å². The Bertz CT molecular complexity index is 1040. The molecular weight excluding hydrogens is 366 g/mol. The van der Waals surface area contributed by atoms with Crippen LogP contribution in [-0.2, 0) is 9.59 Å². The summed E-state index contributed by atoms with van der Waals surface area (Å²) in [6.45, 7) is 5.57. The van der Waals surface area contributed by atoms with Crippen LogP contribution in [0.15, 0.2) is 53.7 Å². The van der Waals surface area contributed by atoms with Crippen molar-refractivity contribution < 1.29 is 14.7 Å². The van der Waals surface area contributed by atoms with Crippen LogP contribution in [0.25, 0.3) is 0 Å². The number of amides is 1. The molecule has 0 aromatic heterocycles. The number of phenolic OH excluding ortho intramolecular Hbond substituents is 1. The first-order chi connectivity index (χ1) is 13.7. The van der Waals surface area contributed by atoms with Gasteiger partial charge in [0.25, 0.3) is 0 Å². The summed E-state index contributed by atoms with van der Waals surface area (Å²) in [4.78, 5) is 27.8. The fourth-order valence-corrected chi connectivity index (χ4v) is 4.39. The van der Waals surface area contributed by atoms with Crippen molar-refractivity contribution in [3.05, 3.63) is 59.3 Å². The standard InChI is InChI=1S/C23H25N3O3/c1-13(27)26-17-5-4-6-18(28)21(17)25-16-11-23(2,3)12-19(29)20(16)22(26)14-7-9-15(24)10-8-14/h4-10,22,25,28H,11-12,24H2,1-3H3. The molecule has 0 saturated heterocycles. The third kappa shape index (κ3) is 3.24. The third-order valence-corrected chi connectivity index (χ3v) is 5.60. The maximum absolute atomic E-state index is 13.3. The lowest BCUT2D eigenvalue weighted by atomic mass is 9.73. The molecule has 1 heterocycles. The van der Waals surface area contributed by atoms with Crippen LogP contribution in [0.5, 0.6) is 5.75 Å². The number of nitrogens with zero attached hydrogens (tertiary/aromatic N) is 1. The van der Waals surface area contributed by atoms with Crippen molar-refractivity contribution in [2.45, 2.75) is 39.7 Å². The van der Waals surface area contributed by atoms with Gasteiger partial charge in [-0.15, -0.1) is 0 Å². The number of fused-ring (bicyclic) bond motifs is 1. The second kappa shape index (κ2) is 6.65. The van der Waals surface area contributed by atoms with Crippen LogP contribution < -0.4 is 16.0 Å². The first kappa shape index (κ1) is 19.1. The molecule has 0 bridgehead atoms. The minimum Gasteiger partial charge on any atom is -0.506 e. The SMILES string of the molecule is CC(=O)N1c2cccc(O)c2NC2=C(C(=O)CC(C)(C)C2)C1c1ccc(N)cc1. The number of allylic oxidation sites excluding steroid dienone is 1. The van der Waals surface area contributed by atoms with Crippen molar-refractivity contribution in [2.24, 2.45) is 5.41 Å². The van der Waals surface area contributed by atoms with Crippen LogP contribution in [0.2, 0.25) is 0 Å².